The van der Waals surface area contributed by atoms with Gasteiger partial charge in [0.05, 0.1) is 6.61 Å². The van der Waals surface area contributed by atoms with Gasteiger partial charge in [-0.2, -0.15) is 8.78 Å². The van der Waals surface area contributed by atoms with E-state index >= 15 is 0 Å². The molecule has 32 heavy (non-hydrogen) atoms. The lowest BCUT2D eigenvalue weighted by molar-refractivity contribution is 0.284. The van der Waals surface area contributed by atoms with Gasteiger partial charge in [0.15, 0.2) is 23.1 Å². The molecule has 170 valence electrons. The van der Waals surface area contributed by atoms with Crippen molar-refractivity contribution in [2.24, 2.45) is 0 Å². The van der Waals surface area contributed by atoms with Crippen LogP contribution in [0.4, 0.5) is 17.6 Å². The molecule has 0 aliphatic rings. The van der Waals surface area contributed by atoms with E-state index in [9.17, 15) is 17.6 Å². The van der Waals surface area contributed by atoms with Crippen LogP contribution in [0.1, 0.15) is 43.7 Å². The normalized spacial score (nSPS) is 10.9. The van der Waals surface area contributed by atoms with Gasteiger partial charge < -0.3 is 9.47 Å². The van der Waals surface area contributed by atoms with Gasteiger partial charge in [-0.25, -0.2) is 8.78 Å². The molecule has 0 aromatic heterocycles. The maximum absolute atomic E-state index is 14.6. The number of ether oxygens (including phenoxy) is 2. The summed E-state index contributed by atoms with van der Waals surface area (Å²) >= 11 is 0. The molecule has 0 amide bonds. The number of benzene rings is 3. The summed E-state index contributed by atoms with van der Waals surface area (Å²) in [7, 11) is 0. The van der Waals surface area contributed by atoms with Gasteiger partial charge in [0.2, 0.25) is 11.6 Å². The van der Waals surface area contributed by atoms with Crippen LogP contribution in [0.3, 0.4) is 0 Å². The maximum atomic E-state index is 14.6. The average Bonchev–Trinajstić information content (AvgIpc) is 2.80. The summed E-state index contributed by atoms with van der Waals surface area (Å²) in [6, 6.07) is 12.3. The molecule has 3 aromatic carbocycles. The monoisotopic (exact) mass is 446 g/mol. The van der Waals surface area contributed by atoms with Gasteiger partial charge >= 0.3 is 0 Å². The second-order valence-corrected chi connectivity index (χ2v) is 7.64. The van der Waals surface area contributed by atoms with Gasteiger partial charge in [0.1, 0.15) is 6.61 Å². The summed E-state index contributed by atoms with van der Waals surface area (Å²) in [5.74, 6) is -4.24. The molecule has 0 fully saturated rings. The van der Waals surface area contributed by atoms with E-state index in [0.29, 0.717) is 17.7 Å². The third kappa shape index (κ3) is 5.61. The molecule has 3 aromatic rings. The molecule has 6 heteroatoms. The minimum absolute atomic E-state index is 0.00134. The van der Waals surface area contributed by atoms with Crippen molar-refractivity contribution in [2.45, 2.75) is 46.1 Å². The molecule has 0 bridgehead atoms. The van der Waals surface area contributed by atoms with Crippen LogP contribution in [-0.4, -0.2) is 6.61 Å². The molecule has 0 spiro atoms. The molecule has 0 N–H and O–H groups in total. The molecule has 0 saturated heterocycles. The van der Waals surface area contributed by atoms with Crippen molar-refractivity contribution in [3.8, 4) is 22.6 Å². The second kappa shape index (κ2) is 11.0. The largest absolute Gasteiger partial charge is 0.490 e. The smallest absolute Gasteiger partial charge is 0.201 e. The Kier molecular flexibility index (Phi) is 8.14. The third-order valence-electron chi connectivity index (χ3n) is 5.20. The van der Waals surface area contributed by atoms with Crippen molar-refractivity contribution in [3.05, 3.63) is 82.9 Å². The minimum atomic E-state index is -1.04. The van der Waals surface area contributed by atoms with E-state index in [1.807, 2.05) is 0 Å². The van der Waals surface area contributed by atoms with Crippen LogP contribution in [0.25, 0.3) is 11.1 Å². The quantitative estimate of drug-likeness (QED) is 0.234. The van der Waals surface area contributed by atoms with Gasteiger partial charge in [-0.15, -0.1) is 0 Å². The number of halogens is 4. The highest BCUT2D eigenvalue weighted by Gasteiger charge is 2.16. The summed E-state index contributed by atoms with van der Waals surface area (Å²) in [6.45, 7) is 3.91. The van der Waals surface area contributed by atoms with Crippen LogP contribution in [0, 0.1) is 30.2 Å². The molecule has 3 rings (SSSR count). The fraction of sp³-hybridized carbons (Fsp3) is 0.308. The minimum Gasteiger partial charge on any atom is -0.490 e. The highest BCUT2D eigenvalue weighted by Crippen LogP contribution is 2.30. The van der Waals surface area contributed by atoms with Crippen molar-refractivity contribution in [3.63, 3.8) is 0 Å². The lowest BCUT2D eigenvalue weighted by Gasteiger charge is -2.12. The van der Waals surface area contributed by atoms with E-state index in [2.05, 4.69) is 6.92 Å². The van der Waals surface area contributed by atoms with Crippen LogP contribution >= 0.6 is 0 Å². The molecule has 0 radical (unpaired) electrons. The summed E-state index contributed by atoms with van der Waals surface area (Å²) < 4.78 is 67.3. The lowest BCUT2D eigenvalue weighted by atomic mass is 10.0. The van der Waals surface area contributed by atoms with Gasteiger partial charge in [0.25, 0.3) is 0 Å². The van der Waals surface area contributed by atoms with E-state index in [0.717, 1.165) is 25.7 Å². The van der Waals surface area contributed by atoms with Crippen LogP contribution in [-0.2, 0) is 6.61 Å². The first-order valence-corrected chi connectivity index (χ1v) is 10.7. The van der Waals surface area contributed by atoms with Gasteiger partial charge in [-0.05, 0) is 48.2 Å². The fourth-order valence-corrected chi connectivity index (χ4v) is 3.26. The topological polar surface area (TPSA) is 18.5 Å². The highest BCUT2D eigenvalue weighted by atomic mass is 19.2. The summed E-state index contributed by atoms with van der Waals surface area (Å²) in [6.07, 6.45) is 3.95. The molecule has 0 atom stereocenters. The van der Waals surface area contributed by atoms with Crippen LogP contribution < -0.4 is 9.47 Å². The Hall–Kier alpha value is -3.02. The van der Waals surface area contributed by atoms with E-state index in [1.165, 1.54) is 31.2 Å². The van der Waals surface area contributed by atoms with Crippen molar-refractivity contribution in [2.75, 3.05) is 6.61 Å². The highest BCUT2D eigenvalue weighted by molar-refractivity contribution is 5.65. The molecule has 0 saturated carbocycles. The zero-order chi connectivity index (χ0) is 23.1. The predicted octanol–water partition coefficient (Wildman–Crippen LogP) is 7.76. The molecule has 2 nitrogen and oxygen atoms in total. The van der Waals surface area contributed by atoms with Crippen LogP contribution in [0.5, 0.6) is 11.5 Å². The zero-order valence-corrected chi connectivity index (χ0v) is 18.2. The molecule has 0 aliphatic heterocycles. The number of hydrogen-bond acceptors (Lipinski definition) is 2. The maximum Gasteiger partial charge on any atom is 0.201 e. The summed E-state index contributed by atoms with van der Waals surface area (Å²) in [4.78, 5) is 0. The fourth-order valence-electron chi connectivity index (χ4n) is 3.26. The first kappa shape index (κ1) is 23.6. The second-order valence-electron chi connectivity index (χ2n) is 7.64. The molecule has 0 heterocycles. The Labute approximate surface area is 185 Å². The molecule has 0 unspecified atom stereocenters. The van der Waals surface area contributed by atoms with E-state index in [-0.39, 0.29) is 29.2 Å². The standard InChI is InChI=1S/C26H26F4O2/c1-3-4-5-6-15-31-21-14-12-20(24(28)26(21)30)19-10-8-18(9-11-19)16-32-22-13-7-17(2)23(27)25(22)29/h7-14H,3-6,15-16H2,1-2H3. The lowest BCUT2D eigenvalue weighted by Crippen LogP contribution is -2.02. The molecular weight excluding hydrogens is 420 g/mol. The SMILES string of the molecule is CCCCCCOc1ccc(-c2ccc(COc3ccc(C)c(F)c3F)cc2)c(F)c1F. The van der Waals surface area contributed by atoms with E-state index in [4.69, 9.17) is 9.47 Å². The first-order chi connectivity index (χ1) is 15.4. The Morgan fingerprint density at radius 2 is 1.31 bits per heavy atom. The Morgan fingerprint density at radius 3 is 2.03 bits per heavy atom. The first-order valence-electron chi connectivity index (χ1n) is 10.7. The van der Waals surface area contributed by atoms with Crippen molar-refractivity contribution in [1.29, 1.82) is 0 Å². The van der Waals surface area contributed by atoms with Gasteiger partial charge in [-0.3, -0.25) is 0 Å². The Morgan fingerprint density at radius 1 is 0.656 bits per heavy atom. The third-order valence-corrected chi connectivity index (χ3v) is 5.20. The Bertz CT molecular complexity index is 1050. The van der Waals surface area contributed by atoms with E-state index < -0.39 is 23.3 Å². The van der Waals surface area contributed by atoms with Crippen LogP contribution in [0.15, 0.2) is 48.5 Å². The van der Waals surface area contributed by atoms with Crippen molar-refractivity contribution >= 4 is 0 Å². The molecule has 0 aliphatic carbocycles. The van der Waals surface area contributed by atoms with Gasteiger partial charge in [0, 0.05) is 5.56 Å². The predicted molar refractivity (Wildman–Crippen MR) is 117 cm³/mol. The average molecular weight is 446 g/mol. The zero-order valence-electron chi connectivity index (χ0n) is 18.2. The van der Waals surface area contributed by atoms with Gasteiger partial charge in [-0.1, -0.05) is 56.5 Å². The number of rotatable bonds is 10. The number of hydrogen-bond donors (Lipinski definition) is 0. The molecular formula is C26H26F4O2. The number of unbranched alkanes of at least 4 members (excludes halogenated alkanes) is 3. The van der Waals surface area contributed by atoms with Crippen LogP contribution in [0.2, 0.25) is 0 Å². The number of aryl methyl sites for hydroxylation is 1. The summed E-state index contributed by atoms with van der Waals surface area (Å²) in [5, 5.41) is 0. The van der Waals surface area contributed by atoms with Crippen molar-refractivity contribution in [1.82, 2.24) is 0 Å². The van der Waals surface area contributed by atoms with Crippen molar-refractivity contribution < 1.29 is 27.0 Å². The Balaban J connectivity index is 1.65. The van der Waals surface area contributed by atoms with E-state index in [1.54, 1.807) is 24.3 Å². The summed E-state index contributed by atoms with van der Waals surface area (Å²) in [5.41, 5.74) is 1.45.